The van der Waals surface area contributed by atoms with E-state index >= 15 is 0 Å². The first kappa shape index (κ1) is 11.5. The van der Waals surface area contributed by atoms with Crippen LogP contribution in [0.3, 0.4) is 0 Å². The fourth-order valence-electron chi connectivity index (χ4n) is 1.76. The number of carbonyl (C=O) groups is 1. The molecule has 1 aromatic heterocycles. The van der Waals surface area contributed by atoms with Crippen LogP contribution in [0.25, 0.3) is 10.9 Å². The molecule has 0 atom stereocenters. The van der Waals surface area contributed by atoms with E-state index in [0.29, 0.717) is 0 Å². The standard InChI is InChI=1S/C13H13NO3/c1-9-6-10(7-17-8-13(15)16)11-4-2-3-5-12(11)14-9/h2-6H,7-8H2,1H3,(H,15,16). The molecule has 0 unspecified atom stereocenters. The number of nitrogens with zero attached hydrogens (tertiary/aromatic N) is 1. The Morgan fingerprint density at radius 2 is 2.18 bits per heavy atom. The lowest BCUT2D eigenvalue weighted by Crippen LogP contribution is -2.07. The van der Waals surface area contributed by atoms with Crippen LogP contribution in [0.15, 0.2) is 30.3 Å². The van der Waals surface area contributed by atoms with Crippen molar-refractivity contribution < 1.29 is 14.6 Å². The highest BCUT2D eigenvalue weighted by atomic mass is 16.5. The van der Waals surface area contributed by atoms with Gasteiger partial charge in [-0.2, -0.15) is 0 Å². The van der Waals surface area contributed by atoms with E-state index in [-0.39, 0.29) is 13.2 Å². The number of aryl methyl sites for hydroxylation is 1. The second-order valence-corrected chi connectivity index (χ2v) is 3.83. The number of ether oxygens (including phenoxy) is 1. The first-order chi connectivity index (χ1) is 8.16. The highest BCUT2D eigenvalue weighted by Crippen LogP contribution is 2.18. The number of carboxylic acid groups (broad SMARTS) is 1. The maximum absolute atomic E-state index is 10.4. The van der Waals surface area contributed by atoms with Gasteiger partial charge in [0.2, 0.25) is 0 Å². The Bertz CT molecular complexity index is 551. The van der Waals surface area contributed by atoms with E-state index in [0.717, 1.165) is 22.2 Å². The normalized spacial score (nSPS) is 10.6. The van der Waals surface area contributed by atoms with Gasteiger partial charge in [-0.3, -0.25) is 4.98 Å². The molecule has 0 radical (unpaired) electrons. The molecule has 0 amide bonds. The third-order valence-electron chi connectivity index (χ3n) is 2.41. The van der Waals surface area contributed by atoms with Crippen molar-refractivity contribution >= 4 is 16.9 Å². The van der Waals surface area contributed by atoms with Gasteiger partial charge in [-0.05, 0) is 24.6 Å². The van der Waals surface area contributed by atoms with Crippen LogP contribution in [0.2, 0.25) is 0 Å². The Morgan fingerprint density at radius 3 is 2.94 bits per heavy atom. The predicted molar refractivity (Wildman–Crippen MR) is 63.8 cm³/mol. The molecule has 0 bridgehead atoms. The summed E-state index contributed by atoms with van der Waals surface area (Å²) in [7, 11) is 0. The second kappa shape index (κ2) is 4.93. The first-order valence-electron chi connectivity index (χ1n) is 5.31. The van der Waals surface area contributed by atoms with E-state index < -0.39 is 5.97 Å². The average molecular weight is 231 g/mol. The molecule has 0 aliphatic rings. The van der Waals surface area contributed by atoms with Crippen molar-refractivity contribution in [3.05, 3.63) is 41.6 Å². The average Bonchev–Trinajstić information content (AvgIpc) is 2.28. The molecule has 0 aliphatic carbocycles. The van der Waals surface area contributed by atoms with Gasteiger partial charge in [-0.15, -0.1) is 0 Å². The number of benzene rings is 1. The summed E-state index contributed by atoms with van der Waals surface area (Å²) in [6.07, 6.45) is 0. The number of rotatable bonds is 4. The minimum atomic E-state index is -0.958. The summed E-state index contributed by atoms with van der Waals surface area (Å²) in [5.41, 5.74) is 2.77. The molecule has 0 fully saturated rings. The minimum Gasteiger partial charge on any atom is -0.480 e. The Hall–Kier alpha value is -1.94. The molecule has 88 valence electrons. The fourth-order valence-corrected chi connectivity index (χ4v) is 1.76. The fraction of sp³-hybridized carbons (Fsp3) is 0.231. The largest absolute Gasteiger partial charge is 0.480 e. The van der Waals surface area contributed by atoms with Crippen molar-refractivity contribution in [2.75, 3.05) is 6.61 Å². The molecule has 17 heavy (non-hydrogen) atoms. The number of pyridine rings is 1. The van der Waals surface area contributed by atoms with Gasteiger partial charge in [0.15, 0.2) is 0 Å². The van der Waals surface area contributed by atoms with Crippen LogP contribution in [0.4, 0.5) is 0 Å². The molecule has 0 saturated carbocycles. The topological polar surface area (TPSA) is 59.4 Å². The molecule has 0 saturated heterocycles. The van der Waals surface area contributed by atoms with Crippen molar-refractivity contribution in [2.45, 2.75) is 13.5 Å². The summed E-state index contributed by atoms with van der Waals surface area (Å²) in [5, 5.41) is 9.53. The highest BCUT2D eigenvalue weighted by molar-refractivity contribution is 5.82. The molecule has 0 aliphatic heterocycles. The summed E-state index contributed by atoms with van der Waals surface area (Å²) in [6.45, 7) is 1.92. The van der Waals surface area contributed by atoms with Crippen molar-refractivity contribution in [3.63, 3.8) is 0 Å². The molecule has 1 heterocycles. The molecule has 4 heteroatoms. The van der Waals surface area contributed by atoms with Crippen molar-refractivity contribution in [3.8, 4) is 0 Å². The third kappa shape index (κ3) is 2.79. The van der Waals surface area contributed by atoms with Crippen LogP contribution in [-0.4, -0.2) is 22.7 Å². The van der Waals surface area contributed by atoms with E-state index in [1.807, 2.05) is 37.3 Å². The highest BCUT2D eigenvalue weighted by Gasteiger charge is 2.04. The van der Waals surface area contributed by atoms with E-state index in [1.54, 1.807) is 0 Å². The van der Waals surface area contributed by atoms with Gasteiger partial charge in [0, 0.05) is 11.1 Å². The zero-order chi connectivity index (χ0) is 12.3. The lowest BCUT2D eigenvalue weighted by atomic mass is 10.1. The maximum atomic E-state index is 10.4. The number of hydrogen-bond acceptors (Lipinski definition) is 3. The number of aromatic nitrogens is 1. The first-order valence-corrected chi connectivity index (χ1v) is 5.31. The SMILES string of the molecule is Cc1cc(COCC(=O)O)c2ccccc2n1. The second-order valence-electron chi connectivity index (χ2n) is 3.83. The predicted octanol–water partition coefficient (Wildman–Crippen LogP) is 2.14. The zero-order valence-corrected chi connectivity index (χ0v) is 9.51. The van der Waals surface area contributed by atoms with E-state index in [2.05, 4.69) is 4.98 Å². The van der Waals surface area contributed by atoms with Crippen LogP contribution < -0.4 is 0 Å². The third-order valence-corrected chi connectivity index (χ3v) is 2.41. The lowest BCUT2D eigenvalue weighted by Gasteiger charge is -2.07. The Labute approximate surface area is 98.9 Å². The van der Waals surface area contributed by atoms with Crippen LogP contribution in [0, 0.1) is 6.92 Å². The molecular weight excluding hydrogens is 218 g/mol. The van der Waals surface area contributed by atoms with Crippen molar-refractivity contribution in [2.24, 2.45) is 0 Å². The van der Waals surface area contributed by atoms with Gasteiger partial charge in [0.1, 0.15) is 6.61 Å². The quantitative estimate of drug-likeness (QED) is 0.875. The summed E-state index contributed by atoms with van der Waals surface area (Å²) < 4.78 is 5.12. The van der Waals surface area contributed by atoms with Gasteiger partial charge >= 0.3 is 5.97 Å². The van der Waals surface area contributed by atoms with Gasteiger partial charge in [0.05, 0.1) is 12.1 Å². The number of hydrogen-bond donors (Lipinski definition) is 1. The Morgan fingerprint density at radius 1 is 1.41 bits per heavy atom. The van der Waals surface area contributed by atoms with Crippen LogP contribution in [-0.2, 0) is 16.1 Å². The van der Waals surface area contributed by atoms with E-state index in [9.17, 15) is 4.79 Å². The molecular formula is C13H13NO3. The number of para-hydroxylation sites is 1. The smallest absolute Gasteiger partial charge is 0.329 e. The van der Waals surface area contributed by atoms with Crippen LogP contribution in [0.5, 0.6) is 0 Å². The number of carboxylic acids is 1. The molecule has 1 aromatic carbocycles. The number of aliphatic carboxylic acids is 1. The summed E-state index contributed by atoms with van der Waals surface area (Å²) in [5.74, 6) is -0.958. The van der Waals surface area contributed by atoms with Crippen LogP contribution >= 0.6 is 0 Å². The maximum Gasteiger partial charge on any atom is 0.329 e. The van der Waals surface area contributed by atoms with Gasteiger partial charge in [-0.25, -0.2) is 4.79 Å². The number of fused-ring (bicyclic) bond motifs is 1. The molecule has 1 N–H and O–H groups in total. The zero-order valence-electron chi connectivity index (χ0n) is 9.51. The van der Waals surface area contributed by atoms with Crippen LogP contribution in [0.1, 0.15) is 11.3 Å². The summed E-state index contributed by atoms with van der Waals surface area (Å²) >= 11 is 0. The molecule has 2 rings (SSSR count). The lowest BCUT2D eigenvalue weighted by molar-refractivity contribution is -0.142. The van der Waals surface area contributed by atoms with Crippen molar-refractivity contribution in [1.29, 1.82) is 0 Å². The summed E-state index contributed by atoms with van der Waals surface area (Å²) in [4.78, 5) is 14.8. The van der Waals surface area contributed by atoms with Gasteiger partial charge in [0.25, 0.3) is 0 Å². The van der Waals surface area contributed by atoms with E-state index in [1.165, 1.54) is 0 Å². The minimum absolute atomic E-state index is 0.282. The molecule has 4 nitrogen and oxygen atoms in total. The molecule has 2 aromatic rings. The molecule has 0 spiro atoms. The Kier molecular flexibility index (Phi) is 3.35. The van der Waals surface area contributed by atoms with E-state index in [4.69, 9.17) is 9.84 Å². The Balaban J connectivity index is 2.29. The summed E-state index contributed by atoms with van der Waals surface area (Å²) in [6, 6.07) is 9.67. The monoisotopic (exact) mass is 231 g/mol. The van der Waals surface area contributed by atoms with Gasteiger partial charge < -0.3 is 9.84 Å². The van der Waals surface area contributed by atoms with Crippen molar-refractivity contribution in [1.82, 2.24) is 4.98 Å². The van der Waals surface area contributed by atoms with Gasteiger partial charge in [-0.1, -0.05) is 18.2 Å².